The van der Waals surface area contributed by atoms with Crippen LogP contribution in [0.3, 0.4) is 0 Å². The van der Waals surface area contributed by atoms with Crippen molar-refractivity contribution in [3.05, 3.63) is 66.0 Å². The number of pyridine rings is 1. The standard InChI is InChI=1S/C17H20BrN/c1-14(16-10-12-19-13-11-16)17(18)9-5-8-15-6-3-2-4-7-15/h2-4,6-7,10-14,17H,5,8-9H2,1H3. The Kier molecular flexibility index (Phi) is 5.59. The summed E-state index contributed by atoms with van der Waals surface area (Å²) < 4.78 is 0. The van der Waals surface area contributed by atoms with Crippen molar-refractivity contribution in [3.63, 3.8) is 0 Å². The van der Waals surface area contributed by atoms with Crippen molar-refractivity contribution in [1.29, 1.82) is 0 Å². The Labute approximate surface area is 124 Å². The summed E-state index contributed by atoms with van der Waals surface area (Å²) in [5.74, 6) is 0.527. The number of nitrogens with zero attached hydrogens (tertiary/aromatic N) is 1. The van der Waals surface area contributed by atoms with Gasteiger partial charge in [0.25, 0.3) is 0 Å². The van der Waals surface area contributed by atoms with E-state index in [0.717, 1.165) is 6.42 Å². The second kappa shape index (κ2) is 7.44. The van der Waals surface area contributed by atoms with Gasteiger partial charge in [0.15, 0.2) is 0 Å². The molecule has 1 nitrogen and oxygen atoms in total. The molecule has 1 heterocycles. The maximum absolute atomic E-state index is 4.07. The fourth-order valence-corrected chi connectivity index (χ4v) is 2.90. The van der Waals surface area contributed by atoms with Gasteiger partial charge in [0.05, 0.1) is 0 Å². The molecule has 0 saturated carbocycles. The maximum Gasteiger partial charge on any atom is 0.0270 e. The summed E-state index contributed by atoms with van der Waals surface area (Å²) in [5, 5.41) is 0. The molecule has 0 aliphatic heterocycles. The van der Waals surface area contributed by atoms with Gasteiger partial charge >= 0.3 is 0 Å². The van der Waals surface area contributed by atoms with Crippen LogP contribution >= 0.6 is 15.9 Å². The Morgan fingerprint density at radius 2 is 1.74 bits per heavy atom. The van der Waals surface area contributed by atoms with E-state index in [0.29, 0.717) is 10.7 Å². The molecular formula is C17H20BrN. The molecule has 2 atom stereocenters. The lowest BCUT2D eigenvalue weighted by Crippen LogP contribution is -2.09. The van der Waals surface area contributed by atoms with Gasteiger partial charge in [0, 0.05) is 17.2 Å². The van der Waals surface area contributed by atoms with E-state index < -0.39 is 0 Å². The molecule has 0 aliphatic rings. The molecule has 1 aromatic carbocycles. The summed E-state index contributed by atoms with van der Waals surface area (Å²) in [6.45, 7) is 2.28. The van der Waals surface area contributed by atoms with Gasteiger partial charge in [-0.25, -0.2) is 0 Å². The average molecular weight is 318 g/mol. The van der Waals surface area contributed by atoms with E-state index >= 15 is 0 Å². The van der Waals surface area contributed by atoms with Crippen molar-refractivity contribution in [1.82, 2.24) is 4.98 Å². The molecule has 0 aliphatic carbocycles. The largest absolute Gasteiger partial charge is 0.265 e. The van der Waals surface area contributed by atoms with Crippen molar-refractivity contribution in [2.45, 2.75) is 36.9 Å². The predicted octanol–water partition coefficient (Wildman–Crippen LogP) is 4.97. The van der Waals surface area contributed by atoms with E-state index in [1.807, 2.05) is 12.4 Å². The van der Waals surface area contributed by atoms with E-state index in [9.17, 15) is 0 Å². The fraction of sp³-hybridized carbons (Fsp3) is 0.353. The minimum absolute atomic E-state index is 0.526. The van der Waals surface area contributed by atoms with Gasteiger partial charge in [0.1, 0.15) is 0 Å². The predicted molar refractivity (Wildman–Crippen MR) is 84.7 cm³/mol. The normalized spacial score (nSPS) is 14.0. The van der Waals surface area contributed by atoms with Crippen LogP contribution in [0.5, 0.6) is 0 Å². The van der Waals surface area contributed by atoms with Crippen LogP contribution in [-0.2, 0) is 6.42 Å². The Bertz CT molecular complexity index is 469. The van der Waals surface area contributed by atoms with Gasteiger partial charge in [-0.2, -0.15) is 0 Å². The fourth-order valence-electron chi connectivity index (χ4n) is 2.27. The molecule has 2 unspecified atom stereocenters. The zero-order chi connectivity index (χ0) is 13.5. The first-order valence-corrected chi connectivity index (χ1v) is 7.77. The lowest BCUT2D eigenvalue weighted by Gasteiger charge is -2.18. The van der Waals surface area contributed by atoms with Crippen LogP contribution in [0, 0.1) is 0 Å². The van der Waals surface area contributed by atoms with Crippen LogP contribution in [0.15, 0.2) is 54.9 Å². The summed E-state index contributed by atoms with van der Waals surface area (Å²) in [6, 6.07) is 14.9. The lowest BCUT2D eigenvalue weighted by atomic mass is 9.95. The summed E-state index contributed by atoms with van der Waals surface area (Å²) in [4.78, 5) is 4.60. The molecule has 0 spiro atoms. The summed E-state index contributed by atoms with van der Waals surface area (Å²) in [7, 11) is 0. The number of alkyl halides is 1. The van der Waals surface area contributed by atoms with E-state index in [2.05, 4.69) is 70.3 Å². The van der Waals surface area contributed by atoms with Gasteiger partial charge in [-0.1, -0.05) is 53.2 Å². The molecule has 0 radical (unpaired) electrons. The molecule has 0 N–H and O–H groups in total. The molecule has 19 heavy (non-hydrogen) atoms. The zero-order valence-electron chi connectivity index (χ0n) is 11.3. The van der Waals surface area contributed by atoms with Crippen LogP contribution in [0.4, 0.5) is 0 Å². The minimum atomic E-state index is 0.526. The van der Waals surface area contributed by atoms with Crippen LogP contribution in [0.1, 0.15) is 36.8 Å². The number of rotatable bonds is 6. The summed E-state index contributed by atoms with van der Waals surface area (Å²) >= 11 is 3.83. The van der Waals surface area contributed by atoms with Crippen molar-refractivity contribution >= 4 is 15.9 Å². The molecule has 100 valence electrons. The van der Waals surface area contributed by atoms with Crippen molar-refractivity contribution in [3.8, 4) is 0 Å². The smallest absolute Gasteiger partial charge is 0.0270 e. The second-order valence-electron chi connectivity index (χ2n) is 4.96. The Morgan fingerprint density at radius 1 is 1.05 bits per heavy atom. The third kappa shape index (κ3) is 4.46. The van der Waals surface area contributed by atoms with Gasteiger partial charge in [-0.3, -0.25) is 4.98 Å². The van der Waals surface area contributed by atoms with Crippen LogP contribution in [0.2, 0.25) is 0 Å². The minimum Gasteiger partial charge on any atom is -0.265 e. The second-order valence-corrected chi connectivity index (χ2v) is 6.14. The molecule has 0 amide bonds. The molecule has 2 rings (SSSR count). The molecule has 0 saturated heterocycles. The maximum atomic E-state index is 4.07. The van der Waals surface area contributed by atoms with Crippen molar-refractivity contribution in [2.24, 2.45) is 0 Å². The van der Waals surface area contributed by atoms with E-state index in [1.54, 1.807) is 0 Å². The Morgan fingerprint density at radius 3 is 2.42 bits per heavy atom. The highest BCUT2D eigenvalue weighted by atomic mass is 79.9. The number of hydrogen-bond acceptors (Lipinski definition) is 1. The zero-order valence-corrected chi connectivity index (χ0v) is 12.9. The lowest BCUT2D eigenvalue weighted by molar-refractivity contribution is 0.628. The van der Waals surface area contributed by atoms with Crippen molar-refractivity contribution < 1.29 is 0 Å². The Hall–Kier alpha value is -1.15. The molecule has 0 fully saturated rings. The molecule has 2 aromatic rings. The first kappa shape index (κ1) is 14.3. The number of aryl methyl sites for hydroxylation is 1. The summed E-state index contributed by atoms with van der Waals surface area (Å²) in [6.07, 6.45) is 7.31. The third-order valence-electron chi connectivity index (χ3n) is 3.56. The van der Waals surface area contributed by atoms with Gasteiger partial charge in [0.2, 0.25) is 0 Å². The Balaban J connectivity index is 1.80. The average Bonchev–Trinajstić information content (AvgIpc) is 2.48. The quantitative estimate of drug-likeness (QED) is 0.685. The first-order valence-electron chi connectivity index (χ1n) is 6.85. The highest BCUT2D eigenvalue weighted by Gasteiger charge is 2.15. The third-order valence-corrected chi connectivity index (χ3v) is 4.81. The van der Waals surface area contributed by atoms with Gasteiger partial charge in [-0.05, 0) is 48.4 Å². The molecule has 2 heteroatoms. The van der Waals surface area contributed by atoms with Gasteiger partial charge in [-0.15, -0.1) is 0 Å². The van der Waals surface area contributed by atoms with E-state index in [1.165, 1.54) is 24.0 Å². The molecule has 1 aromatic heterocycles. The first-order chi connectivity index (χ1) is 9.27. The number of benzene rings is 1. The molecular weight excluding hydrogens is 298 g/mol. The molecule has 0 bridgehead atoms. The van der Waals surface area contributed by atoms with E-state index in [-0.39, 0.29) is 0 Å². The van der Waals surface area contributed by atoms with Crippen LogP contribution in [-0.4, -0.2) is 9.81 Å². The monoisotopic (exact) mass is 317 g/mol. The highest BCUT2D eigenvalue weighted by Crippen LogP contribution is 2.27. The number of halogens is 1. The number of aromatic nitrogens is 1. The van der Waals surface area contributed by atoms with Gasteiger partial charge < -0.3 is 0 Å². The topological polar surface area (TPSA) is 12.9 Å². The van der Waals surface area contributed by atoms with E-state index in [4.69, 9.17) is 0 Å². The van der Waals surface area contributed by atoms with Crippen LogP contribution < -0.4 is 0 Å². The van der Waals surface area contributed by atoms with Crippen LogP contribution in [0.25, 0.3) is 0 Å². The summed E-state index contributed by atoms with van der Waals surface area (Å²) in [5.41, 5.74) is 2.79. The highest BCUT2D eigenvalue weighted by molar-refractivity contribution is 9.09. The SMILES string of the molecule is CC(c1ccncc1)C(Br)CCCc1ccccc1. The van der Waals surface area contributed by atoms with Crippen molar-refractivity contribution in [2.75, 3.05) is 0 Å². The number of hydrogen-bond donors (Lipinski definition) is 0.